The maximum Gasteiger partial charge on any atom is 0.194 e. The molecule has 15 heteroatoms. The highest BCUT2D eigenvalue weighted by Gasteiger charge is 2.55. The third-order valence-electron chi connectivity index (χ3n) is 7.38. The Hall–Kier alpha value is -3.85. The van der Waals surface area contributed by atoms with Crippen LogP contribution in [-0.2, 0) is 14.2 Å². The van der Waals surface area contributed by atoms with Crippen LogP contribution in [0.5, 0.6) is 0 Å². The molecule has 2 aromatic heterocycles. The van der Waals surface area contributed by atoms with Gasteiger partial charge in [0.05, 0.1) is 16.9 Å². The van der Waals surface area contributed by atoms with Gasteiger partial charge in [-0.3, -0.25) is 0 Å². The SMILES string of the molecule is Cc1nc(C2OC3OC(c4ccccc4)OC3C(n3cc(-c4cc(F)c(F)c(F)c4)nn3)C2O)n(-c2cc(Cl)ccc2Cl)n1. The van der Waals surface area contributed by atoms with Gasteiger partial charge in [-0.1, -0.05) is 58.7 Å². The molecule has 0 bridgehead atoms. The predicted molar refractivity (Wildman–Crippen MR) is 149 cm³/mol. The first kappa shape index (κ1) is 28.9. The van der Waals surface area contributed by atoms with E-state index < -0.39 is 54.4 Å². The summed E-state index contributed by atoms with van der Waals surface area (Å²) in [4.78, 5) is 4.54. The van der Waals surface area contributed by atoms with E-state index in [2.05, 4.69) is 20.4 Å². The molecule has 6 atom stereocenters. The van der Waals surface area contributed by atoms with Crippen LogP contribution in [0.4, 0.5) is 13.2 Å². The summed E-state index contributed by atoms with van der Waals surface area (Å²) in [7, 11) is 0. The second kappa shape index (κ2) is 11.3. The Morgan fingerprint density at radius 1 is 0.932 bits per heavy atom. The number of aliphatic hydroxyl groups is 1. The Balaban J connectivity index is 1.31. The zero-order valence-corrected chi connectivity index (χ0v) is 24.1. The monoisotopic (exact) mass is 644 g/mol. The zero-order chi connectivity index (χ0) is 30.7. The summed E-state index contributed by atoms with van der Waals surface area (Å²) in [6, 6.07) is 14.6. The van der Waals surface area contributed by atoms with Crippen LogP contribution < -0.4 is 0 Å². The second-order valence-corrected chi connectivity index (χ2v) is 11.1. The molecule has 0 amide bonds. The zero-order valence-electron chi connectivity index (χ0n) is 22.6. The maximum absolute atomic E-state index is 14.0. The number of aryl methyl sites for hydroxylation is 1. The van der Waals surface area contributed by atoms with Gasteiger partial charge in [0.2, 0.25) is 0 Å². The summed E-state index contributed by atoms with van der Waals surface area (Å²) < 4.78 is 63.1. The average Bonchev–Trinajstić information content (AvgIpc) is 3.76. The largest absolute Gasteiger partial charge is 0.388 e. The summed E-state index contributed by atoms with van der Waals surface area (Å²) in [5.74, 6) is -3.81. The highest BCUT2D eigenvalue weighted by Crippen LogP contribution is 2.47. The Labute approximate surface area is 257 Å². The minimum absolute atomic E-state index is 0.0258. The van der Waals surface area contributed by atoms with Gasteiger partial charge in [0.1, 0.15) is 35.9 Å². The van der Waals surface area contributed by atoms with E-state index in [0.717, 1.165) is 12.1 Å². The highest BCUT2D eigenvalue weighted by molar-refractivity contribution is 6.34. The minimum atomic E-state index is -1.60. The number of rotatable bonds is 5. The van der Waals surface area contributed by atoms with Gasteiger partial charge in [0.25, 0.3) is 0 Å². The molecule has 2 fully saturated rings. The number of hydrogen-bond donors (Lipinski definition) is 1. The van der Waals surface area contributed by atoms with Crippen molar-refractivity contribution in [3.63, 3.8) is 0 Å². The Kier molecular flexibility index (Phi) is 7.39. The first-order valence-electron chi connectivity index (χ1n) is 13.3. The van der Waals surface area contributed by atoms with E-state index in [1.54, 1.807) is 25.1 Å². The summed E-state index contributed by atoms with van der Waals surface area (Å²) in [5, 5.41) is 25.3. The van der Waals surface area contributed by atoms with Crippen molar-refractivity contribution in [2.45, 2.75) is 43.9 Å². The lowest BCUT2D eigenvalue weighted by Gasteiger charge is -2.39. The van der Waals surface area contributed by atoms with Crippen molar-refractivity contribution in [1.29, 1.82) is 0 Å². The molecule has 0 saturated carbocycles. The van der Waals surface area contributed by atoms with Crippen LogP contribution in [0.3, 0.4) is 0 Å². The highest BCUT2D eigenvalue weighted by atomic mass is 35.5. The first-order valence-corrected chi connectivity index (χ1v) is 14.1. The van der Waals surface area contributed by atoms with Gasteiger partial charge in [0.15, 0.2) is 35.9 Å². The molecule has 2 aliphatic rings. The van der Waals surface area contributed by atoms with E-state index in [-0.39, 0.29) is 17.1 Å². The molecule has 4 heterocycles. The minimum Gasteiger partial charge on any atom is -0.388 e. The van der Waals surface area contributed by atoms with Crippen LogP contribution in [-0.4, -0.2) is 53.4 Å². The number of hydrogen-bond acceptors (Lipinski definition) is 8. The lowest BCUT2D eigenvalue weighted by Crippen LogP contribution is -2.50. The molecule has 10 nitrogen and oxygen atoms in total. The van der Waals surface area contributed by atoms with Crippen LogP contribution in [0.2, 0.25) is 10.0 Å². The lowest BCUT2D eigenvalue weighted by atomic mass is 9.95. The Morgan fingerprint density at radius 2 is 1.68 bits per heavy atom. The number of ether oxygens (including phenoxy) is 3. The molecule has 226 valence electrons. The normalized spacial score (nSPS) is 24.9. The molecule has 7 rings (SSSR count). The van der Waals surface area contributed by atoms with Crippen molar-refractivity contribution >= 4 is 23.2 Å². The lowest BCUT2D eigenvalue weighted by molar-refractivity contribution is -0.236. The third-order valence-corrected chi connectivity index (χ3v) is 7.93. The van der Waals surface area contributed by atoms with Crippen molar-refractivity contribution in [3.05, 3.63) is 112 Å². The predicted octanol–water partition coefficient (Wildman–Crippen LogP) is 5.67. The van der Waals surface area contributed by atoms with Gasteiger partial charge in [-0.25, -0.2) is 27.5 Å². The van der Waals surface area contributed by atoms with Crippen LogP contribution in [0.15, 0.2) is 66.9 Å². The second-order valence-electron chi connectivity index (χ2n) is 10.2. The van der Waals surface area contributed by atoms with Gasteiger partial charge in [0, 0.05) is 16.1 Å². The molecule has 0 radical (unpaired) electrons. The fourth-order valence-corrected chi connectivity index (χ4v) is 5.74. The molecule has 5 aromatic rings. The van der Waals surface area contributed by atoms with Crippen molar-refractivity contribution < 1.29 is 32.5 Å². The summed E-state index contributed by atoms with van der Waals surface area (Å²) >= 11 is 12.7. The number of benzene rings is 3. The molecule has 1 N–H and O–H groups in total. The van der Waals surface area contributed by atoms with Gasteiger partial charge in [-0.15, -0.1) is 5.10 Å². The van der Waals surface area contributed by atoms with Crippen LogP contribution >= 0.6 is 23.2 Å². The van der Waals surface area contributed by atoms with Crippen molar-refractivity contribution in [2.75, 3.05) is 0 Å². The topological polar surface area (TPSA) is 109 Å². The number of halogens is 5. The molecular weight excluding hydrogens is 624 g/mol. The van der Waals surface area contributed by atoms with Crippen LogP contribution in [0.1, 0.15) is 35.6 Å². The summed E-state index contributed by atoms with van der Waals surface area (Å²) in [5.41, 5.74) is 1.08. The van der Waals surface area contributed by atoms with Gasteiger partial charge in [-0.05, 0) is 37.3 Å². The fourth-order valence-electron chi connectivity index (χ4n) is 5.37. The molecular formula is C29H21Cl2F3N6O4. The molecule has 6 unspecified atom stereocenters. The summed E-state index contributed by atoms with van der Waals surface area (Å²) in [6.45, 7) is 1.67. The van der Waals surface area contributed by atoms with E-state index in [4.69, 9.17) is 37.4 Å². The van der Waals surface area contributed by atoms with Crippen LogP contribution in [0.25, 0.3) is 16.9 Å². The van der Waals surface area contributed by atoms with E-state index in [1.165, 1.54) is 15.6 Å². The van der Waals surface area contributed by atoms with E-state index >= 15 is 0 Å². The molecule has 3 aromatic carbocycles. The molecule has 2 aliphatic heterocycles. The van der Waals surface area contributed by atoms with Crippen molar-refractivity contribution in [2.24, 2.45) is 0 Å². The quantitative estimate of drug-likeness (QED) is 0.244. The number of nitrogens with zero attached hydrogens (tertiary/aromatic N) is 6. The van der Waals surface area contributed by atoms with Crippen LogP contribution in [0, 0.1) is 24.4 Å². The number of aliphatic hydroxyl groups excluding tert-OH is 1. The smallest absolute Gasteiger partial charge is 0.194 e. The Bertz CT molecular complexity index is 1840. The Morgan fingerprint density at radius 3 is 2.43 bits per heavy atom. The molecule has 2 saturated heterocycles. The van der Waals surface area contributed by atoms with E-state index in [1.807, 2.05) is 30.3 Å². The molecule has 0 spiro atoms. The van der Waals surface area contributed by atoms with Crippen molar-refractivity contribution in [1.82, 2.24) is 29.8 Å². The fraction of sp³-hybridized carbons (Fsp3) is 0.241. The average molecular weight is 645 g/mol. The molecule has 0 aliphatic carbocycles. The standard InChI is InChI=1S/C29H21Cl2F3N6O4/c1-13-35-27(40(37-13)21-11-16(30)7-8-17(21)31)26-24(41)23(25-29(43-26)44-28(42-25)14-5-3-2-4-6-14)39-12-20(36-38-39)15-9-18(32)22(34)19(33)10-15/h2-12,23-26,28-29,41H,1H3. The number of aromatic nitrogens is 6. The van der Waals surface area contributed by atoms with Gasteiger partial charge < -0.3 is 19.3 Å². The van der Waals surface area contributed by atoms with Gasteiger partial charge in [-0.2, -0.15) is 5.10 Å². The summed E-state index contributed by atoms with van der Waals surface area (Å²) in [6.07, 6.45) is -4.01. The van der Waals surface area contributed by atoms with E-state index in [0.29, 0.717) is 27.1 Å². The van der Waals surface area contributed by atoms with Gasteiger partial charge >= 0.3 is 0 Å². The molecule has 44 heavy (non-hydrogen) atoms. The van der Waals surface area contributed by atoms with Crippen molar-refractivity contribution in [3.8, 4) is 16.9 Å². The van der Waals surface area contributed by atoms with E-state index in [9.17, 15) is 18.3 Å². The first-order chi connectivity index (χ1) is 21.2. The number of fused-ring (bicyclic) bond motifs is 1. The maximum atomic E-state index is 14.0. The third kappa shape index (κ3) is 5.05.